The monoisotopic (exact) mass is 446 g/mol. The fourth-order valence-electron chi connectivity index (χ4n) is 3.26. The third-order valence-corrected chi connectivity index (χ3v) is 7.21. The lowest BCUT2D eigenvalue weighted by atomic mass is 9.80. The standard InChI is InChI=1S/C21H27BN2O6S/c1-24(2)12-16-11-18(6-9-20(16)31(28,29)19-7-8-19)23-21(25)14-30-13-15-4-3-5-17(10-15)22(26)27/h3-6,9-11,19,26-27H,7-8,12-14H2,1-2H3,(H,23,25). The molecule has 0 saturated heterocycles. The largest absolute Gasteiger partial charge is 0.488 e. The summed E-state index contributed by atoms with van der Waals surface area (Å²) in [5, 5.41) is 20.9. The smallest absolute Gasteiger partial charge is 0.423 e. The molecule has 2 aromatic carbocycles. The van der Waals surface area contributed by atoms with Crippen LogP contribution in [0.4, 0.5) is 5.69 Å². The van der Waals surface area contributed by atoms with Crippen molar-refractivity contribution in [2.24, 2.45) is 0 Å². The molecule has 2 aromatic rings. The first-order valence-corrected chi connectivity index (χ1v) is 11.6. The zero-order chi connectivity index (χ0) is 22.6. The summed E-state index contributed by atoms with van der Waals surface area (Å²) in [4.78, 5) is 14.5. The maximum atomic E-state index is 12.7. The normalized spacial score (nSPS) is 14.0. The molecule has 1 aliphatic carbocycles. The van der Waals surface area contributed by atoms with Crippen molar-refractivity contribution in [1.29, 1.82) is 0 Å². The molecule has 8 nitrogen and oxygen atoms in total. The van der Waals surface area contributed by atoms with Crippen molar-refractivity contribution < 1.29 is 28.0 Å². The first-order chi connectivity index (χ1) is 14.7. The predicted octanol–water partition coefficient (Wildman–Crippen LogP) is 0.519. The van der Waals surface area contributed by atoms with Gasteiger partial charge < -0.3 is 25.0 Å². The molecule has 166 valence electrons. The SMILES string of the molecule is CN(C)Cc1cc(NC(=O)COCc2cccc(B(O)O)c2)ccc1S(=O)(=O)C1CC1. The first-order valence-electron chi connectivity index (χ1n) is 10.0. The van der Waals surface area contributed by atoms with Gasteiger partial charge in [0.2, 0.25) is 5.91 Å². The lowest BCUT2D eigenvalue weighted by molar-refractivity contribution is -0.121. The summed E-state index contributed by atoms with van der Waals surface area (Å²) >= 11 is 0. The number of amides is 1. The van der Waals surface area contributed by atoms with Crippen molar-refractivity contribution in [3.05, 3.63) is 53.6 Å². The Balaban J connectivity index is 1.62. The molecule has 1 aliphatic rings. The van der Waals surface area contributed by atoms with Crippen LogP contribution >= 0.6 is 0 Å². The van der Waals surface area contributed by atoms with E-state index in [4.69, 9.17) is 4.74 Å². The average Bonchev–Trinajstić information content (AvgIpc) is 3.53. The van der Waals surface area contributed by atoms with Crippen LogP contribution in [-0.4, -0.2) is 62.3 Å². The molecule has 1 saturated carbocycles. The van der Waals surface area contributed by atoms with Gasteiger partial charge in [-0.05, 0) is 61.7 Å². The molecule has 31 heavy (non-hydrogen) atoms. The zero-order valence-corrected chi connectivity index (χ0v) is 18.4. The summed E-state index contributed by atoms with van der Waals surface area (Å²) in [5.41, 5.74) is 2.21. The Hall–Kier alpha value is -2.24. The van der Waals surface area contributed by atoms with Gasteiger partial charge in [0.1, 0.15) is 6.61 Å². The highest BCUT2D eigenvalue weighted by Gasteiger charge is 2.38. The van der Waals surface area contributed by atoms with Gasteiger partial charge in [-0.3, -0.25) is 4.79 Å². The molecule has 1 amide bonds. The minimum Gasteiger partial charge on any atom is -0.423 e. The van der Waals surface area contributed by atoms with Crippen molar-refractivity contribution in [3.8, 4) is 0 Å². The van der Waals surface area contributed by atoms with Crippen LogP contribution in [-0.2, 0) is 32.5 Å². The van der Waals surface area contributed by atoms with E-state index in [1.54, 1.807) is 42.5 Å². The Morgan fingerprint density at radius 1 is 1.19 bits per heavy atom. The van der Waals surface area contributed by atoms with Crippen molar-refractivity contribution in [3.63, 3.8) is 0 Å². The molecule has 1 fully saturated rings. The topological polar surface area (TPSA) is 116 Å². The van der Waals surface area contributed by atoms with Gasteiger partial charge in [-0.15, -0.1) is 0 Å². The number of nitrogens with one attached hydrogen (secondary N) is 1. The quantitative estimate of drug-likeness (QED) is 0.456. The van der Waals surface area contributed by atoms with Gasteiger partial charge in [-0.2, -0.15) is 0 Å². The summed E-state index contributed by atoms with van der Waals surface area (Å²) in [6.45, 7) is 0.379. The van der Waals surface area contributed by atoms with Crippen LogP contribution < -0.4 is 10.8 Å². The average molecular weight is 446 g/mol. The number of anilines is 1. The van der Waals surface area contributed by atoms with Gasteiger partial charge in [0.05, 0.1) is 16.8 Å². The molecule has 0 bridgehead atoms. The van der Waals surface area contributed by atoms with Gasteiger partial charge in [-0.25, -0.2) is 8.42 Å². The molecule has 0 aromatic heterocycles. The summed E-state index contributed by atoms with van der Waals surface area (Å²) < 4.78 is 30.9. The van der Waals surface area contributed by atoms with Gasteiger partial charge in [0.15, 0.2) is 9.84 Å². The Morgan fingerprint density at radius 2 is 1.94 bits per heavy atom. The van der Waals surface area contributed by atoms with Gasteiger partial charge in [-0.1, -0.05) is 24.3 Å². The van der Waals surface area contributed by atoms with E-state index in [1.807, 2.05) is 19.0 Å². The van der Waals surface area contributed by atoms with Crippen molar-refractivity contribution in [1.82, 2.24) is 4.90 Å². The van der Waals surface area contributed by atoms with Crippen molar-refractivity contribution in [2.45, 2.75) is 36.1 Å². The molecule has 3 rings (SSSR count). The predicted molar refractivity (Wildman–Crippen MR) is 119 cm³/mol. The first kappa shape index (κ1) is 23.4. The van der Waals surface area contributed by atoms with E-state index < -0.39 is 17.0 Å². The van der Waals surface area contributed by atoms with Gasteiger partial charge in [0.25, 0.3) is 0 Å². The maximum absolute atomic E-state index is 12.7. The maximum Gasteiger partial charge on any atom is 0.488 e. The second kappa shape index (κ2) is 9.93. The van der Waals surface area contributed by atoms with Crippen LogP contribution in [0, 0.1) is 0 Å². The number of rotatable bonds is 10. The highest BCUT2D eigenvalue weighted by atomic mass is 32.2. The van der Waals surface area contributed by atoms with Crippen molar-refractivity contribution in [2.75, 3.05) is 26.0 Å². The number of benzene rings is 2. The van der Waals surface area contributed by atoms with Crippen LogP contribution in [0.15, 0.2) is 47.4 Å². The number of carbonyl (C=O) groups is 1. The molecule has 0 atom stereocenters. The Bertz CT molecular complexity index is 1040. The fraction of sp³-hybridized carbons (Fsp3) is 0.381. The lowest BCUT2D eigenvalue weighted by Crippen LogP contribution is -2.30. The van der Waals surface area contributed by atoms with Crippen LogP contribution in [0.25, 0.3) is 0 Å². The number of sulfone groups is 1. The highest BCUT2D eigenvalue weighted by molar-refractivity contribution is 7.92. The number of carbonyl (C=O) groups excluding carboxylic acids is 1. The van der Waals surface area contributed by atoms with Crippen LogP contribution in [0.2, 0.25) is 0 Å². The van der Waals surface area contributed by atoms with E-state index in [0.717, 1.165) is 0 Å². The molecule has 10 heteroatoms. The zero-order valence-electron chi connectivity index (χ0n) is 17.6. The molecule has 0 spiro atoms. The van der Waals surface area contributed by atoms with E-state index in [-0.39, 0.29) is 24.4 Å². The van der Waals surface area contributed by atoms with Crippen LogP contribution in [0.5, 0.6) is 0 Å². The Labute approximate surface area is 182 Å². The molecule has 0 heterocycles. The lowest BCUT2D eigenvalue weighted by Gasteiger charge is -2.16. The van der Waals surface area contributed by atoms with E-state index in [2.05, 4.69) is 5.32 Å². The Morgan fingerprint density at radius 3 is 2.58 bits per heavy atom. The van der Waals surface area contributed by atoms with E-state index in [0.29, 0.717) is 46.6 Å². The van der Waals surface area contributed by atoms with E-state index in [9.17, 15) is 23.3 Å². The molecule has 0 radical (unpaired) electrons. The molecular formula is C21H27BN2O6S. The molecular weight excluding hydrogens is 419 g/mol. The minimum atomic E-state index is -3.34. The van der Waals surface area contributed by atoms with Crippen molar-refractivity contribution >= 4 is 34.0 Å². The van der Waals surface area contributed by atoms with Crippen LogP contribution in [0.1, 0.15) is 24.0 Å². The fourth-order valence-corrected chi connectivity index (χ4v) is 5.12. The third-order valence-electron chi connectivity index (χ3n) is 4.85. The number of hydrogen-bond donors (Lipinski definition) is 3. The van der Waals surface area contributed by atoms with Gasteiger partial charge >= 0.3 is 7.12 Å². The molecule has 3 N–H and O–H groups in total. The highest BCUT2D eigenvalue weighted by Crippen LogP contribution is 2.35. The molecule has 0 aliphatic heterocycles. The summed E-state index contributed by atoms with van der Waals surface area (Å²) in [5.74, 6) is -0.369. The van der Waals surface area contributed by atoms with Crippen LogP contribution in [0.3, 0.4) is 0 Å². The minimum absolute atomic E-state index is 0.137. The van der Waals surface area contributed by atoms with Gasteiger partial charge in [0, 0.05) is 12.2 Å². The molecule has 0 unspecified atom stereocenters. The van der Waals surface area contributed by atoms with E-state index in [1.165, 1.54) is 0 Å². The third kappa shape index (κ3) is 6.38. The second-order valence-corrected chi connectivity index (χ2v) is 10.2. The number of nitrogens with zero attached hydrogens (tertiary/aromatic N) is 1. The summed E-state index contributed by atoms with van der Waals surface area (Å²) in [7, 11) is -1.19. The Kier molecular flexibility index (Phi) is 7.50. The summed E-state index contributed by atoms with van der Waals surface area (Å²) in [6, 6.07) is 11.5. The number of ether oxygens (including phenoxy) is 1. The van der Waals surface area contributed by atoms with E-state index >= 15 is 0 Å². The summed E-state index contributed by atoms with van der Waals surface area (Å²) in [6.07, 6.45) is 1.39. The number of hydrogen-bond acceptors (Lipinski definition) is 7. The second-order valence-electron chi connectivity index (χ2n) is 7.96.